The Kier molecular flexibility index (Phi) is 5.87. The highest BCUT2D eigenvalue weighted by molar-refractivity contribution is 6.01. The Bertz CT molecular complexity index is 1030. The van der Waals surface area contributed by atoms with Gasteiger partial charge in [0.25, 0.3) is 0 Å². The zero-order valence-corrected chi connectivity index (χ0v) is 18.7. The summed E-state index contributed by atoms with van der Waals surface area (Å²) in [6.07, 6.45) is 4.41. The fourth-order valence-electron chi connectivity index (χ4n) is 5.34. The first kappa shape index (κ1) is 21.0. The number of benzene rings is 2. The van der Waals surface area contributed by atoms with Gasteiger partial charge in [-0.3, -0.25) is 14.9 Å². The number of nitrogens with one attached hydrogen (secondary N) is 3. The minimum Gasteiger partial charge on any atom is -0.374 e. The number of rotatable bonds is 4. The van der Waals surface area contributed by atoms with Crippen LogP contribution in [0, 0.1) is 6.92 Å². The third-order valence-electron chi connectivity index (χ3n) is 7.20. The van der Waals surface area contributed by atoms with Crippen molar-refractivity contribution >= 4 is 23.2 Å². The molecule has 2 amide bonds. The topological polar surface area (TPSA) is 73.5 Å². The van der Waals surface area contributed by atoms with Gasteiger partial charge >= 0.3 is 0 Å². The molecule has 0 bridgehead atoms. The number of aryl methyl sites for hydroxylation is 1. The molecule has 2 aromatic rings. The van der Waals surface area contributed by atoms with Crippen LogP contribution in [0.5, 0.6) is 0 Å². The summed E-state index contributed by atoms with van der Waals surface area (Å²) in [5.74, 6) is 0.221. The van der Waals surface area contributed by atoms with E-state index in [1.165, 1.54) is 40.8 Å². The molecule has 3 N–H and O–H groups in total. The molecule has 0 aromatic heterocycles. The number of imide groups is 1. The standard InChI is InChI=1S/C26H32N4O2/c1-17-14-22(28-23-5-7-25(31)29-26(23)32)4-6-24(17)30-12-9-18(10-13-30)19-2-3-21-16-27-11-8-20(21)15-19/h2-4,6,14-15,18,23,27-28H,5,7-13,16H2,1H3,(H,29,31,32). The average molecular weight is 433 g/mol. The fourth-order valence-corrected chi connectivity index (χ4v) is 5.34. The van der Waals surface area contributed by atoms with E-state index in [1.54, 1.807) is 0 Å². The van der Waals surface area contributed by atoms with Gasteiger partial charge in [0.2, 0.25) is 11.8 Å². The van der Waals surface area contributed by atoms with Crippen LogP contribution >= 0.6 is 0 Å². The molecule has 168 valence electrons. The molecule has 0 radical (unpaired) electrons. The number of carbonyl (C=O) groups is 2. The maximum atomic E-state index is 12.0. The largest absolute Gasteiger partial charge is 0.374 e. The molecule has 2 saturated heterocycles. The molecular formula is C26H32N4O2. The monoisotopic (exact) mass is 432 g/mol. The number of nitrogens with zero attached hydrogens (tertiary/aromatic N) is 1. The summed E-state index contributed by atoms with van der Waals surface area (Å²) in [5.41, 5.74) is 7.90. The summed E-state index contributed by atoms with van der Waals surface area (Å²) in [5, 5.41) is 9.15. The SMILES string of the molecule is Cc1cc(NC2CCC(=O)NC2=O)ccc1N1CCC(c2ccc3c(c2)CCNC3)CC1. The van der Waals surface area contributed by atoms with Gasteiger partial charge in [-0.25, -0.2) is 0 Å². The van der Waals surface area contributed by atoms with Crippen LogP contribution in [0.2, 0.25) is 0 Å². The number of amides is 2. The van der Waals surface area contributed by atoms with Gasteiger partial charge in [-0.2, -0.15) is 0 Å². The molecule has 6 nitrogen and oxygen atoms in total. The maximum absolute atomic E-state index is 12.0. The fraction of sp³-hybridized carbons (Fsp3) is 0.462. The molecule has 0 saturated carbocycles. The molecule has 0 spiro atoms. The second kappa shape index (κ2) is 8.94. The van der Waals surface area contributed by atoms with E-state index in [4.69, 9.17) is 0 Å². The lowest BCUT2D eigenvalue weighted by Gasteiger charge is -2.35. The Labute approximate surface area is 189 Å². The van der Waals surface area contributed by atoms with E-state index in [0.29, 0.717) is 18.8 Å². The van der Waals surface area contributed by atoms with Crippen molar-refractivity contribution < 1.29 is 9.59 Å². The van der Waals surface area contributed by atoms with Crippen molar-refractivity contribution in [2.75, 3.05) is 29.9 Å². The van der Waals surface area contributed by atoms with E-state index in [1.807, 2.05) is 0 Å². The van der Waals surface area contributed by atoms with Crippen molar-refractivity contribution in [1.29, 1.82) is 0 Å². The lowest BCUT2D eigenvalue weighted by atomic mass is 9.86. The van der Waals surface area contributed by atoms with E-state index < -0.39 is 0 Å². The molecule has 0 aliphatic carbocycles. The Morgan fingerprint density at radius 3 is 2.59 bits per heavy atom. The van der Waals surface area contributed by atoms with Crippen LogP contribution in [0.3, 0.4) is 0 Å². The Morgan fingerprint density at radius 2 is 1.81 bits per heavy atom. The molecular weight excluding hydrogens is 400 g/mol. The molecule has 1 atom stereocenters. The zero-order chi connectivity index (χ0) is 22.1. The Balaban J connectivity index is 1.21. The minimum absolute atomic E-state index is 0.185. The maximum Gasteiger partial charge on any atom is 0.249 e. The van der Waals surface area contributed by atoms with Crippen molar-refractivity contribution in [2.24, 2.45) is 0 Å². The van der Waals surface area contributed by atoms with Gasteiger partial charge in [0, 0.05) is 37.4 Å². The van der Waals surface area contributed by atoms with Crippen LogP contribution < -0.4 is 20.9 Å². The highest BCUT2D eigenvalue weighted by Gasteiger charge is 2.27. The number of piperidine rings is 2. The van der Waals surface area contributed by atoms with Crippen molar-refractivity contribution in [3.8, 4) is 0 Å². The number of hydrogen-bond donors (Lipinski definition) is 3. The number of fused-ring (bicyclic) bond motifs is 1. The van der Waals surface area contributed by atoms with Crippen LogP contribution in [-0.2, 0) is 22.6 Å². The minimum atomic E-state index is -0.346. The molecule has 2 fully saturated rings. The van der Waals surface area contributed by atoms with Crippen LogP contribution in [0.25, 0.3) is 0 Å². The quantitative estimate of drug-likeness (QED) is 0.647. The van der Waals surface area contributed by atoms with Crippen molar-refractivity contribution in [3.05, 3.63) is 58.7 Å². The van der Waals surface area contributed by atoms with E-state index in [0.717, 1.165) is 38.3 Å². The van der Waals surface area contributed by atoms with Gasteiger partial charge in [-0.15, -0.1) is 0 Å². The van der Waals surface area contributed by atoms with Crippen LogP contribution in [0.15, 0.2) is 36.4 Å². The third-order valence-corrected chi connectivity index (χ3v) is 7.20. The molecule has 3 aliphatic heterocycles. The molecule has 32 heavy (non-hydrogen) atoms. The van der Waals surface area contributed by atoms with E-state index in [-0.39, 0.29) is 17.9 Å². The lowest BCUT2D eigenvalue weighted by molar-refractivity contribution is -0.133. The van der Waals surface area contributed by atoms with Crippen molar-refractivity contribution in [2.45, 2.75) is 57.5 Å². The Hall–Kier alpha value is -2.86. The second-order valence-electron chi connectivity index (χ2n) is 9.37. The first-order valence-corrected chi connectivity index (χ1v) is 11.8. The van der Waals surface area contributed by atoms with Crippen molar-refractivity contribution in [3.63, 3.8) is 0 Å². The zero-order valence-electron chi connectivity index (χ0n) is 18.7. The summed E-state index contributed by atoms with van der Waals surface area (Å²) in [6.45, 7) is 6.34. The first-order chi connectivity index (χ1) is 15.6. The highest BCUT2D eigenvalue weighted by Crippen LogP contribution is 2.34. The highest BCUT2D eigenvalue weighted by atomic mass is 16.2. The molecule has 1 unspecified atom stereocenters. The van der Waals surface area contributed by atoms with Gasteiger partial charge in [0.05, 0.1) is 0 Å². The van der Waals surface area contributed by atoms with Gasteiger partial charge < -0.3 is 15.5 Å². The predicted molar refractivity (Wildman–Crippen MR) is 127 cm³/mol. The van der Waals surface area contributed by atoms with Gasteiger partial charge in [-0.1, -0.05) is 18.2 Å². The molecule has 3 aliphatic rings. The van der Waals surface area contributed by atoms with Crippen LogP contribution in [0.4, 0.5) is 11.4 Å². The summed E-state index contributed by atoms with van der Waals surface area (Å²) in [4.78, 5) is 25.9. The lowest BCUT2D eigenvalue weighted by Crippen LogP contribution is -2.47. The molecule has 3 heterocycles. The molecule has 6 heteroatoms. The summed E-state index contributed by atoms with van der Waals surface area (Å²) >= 11 is 0. The van der Waals surface area contributed by atoms with Gasteiger partial charge in [0.15, 0.2) is 0 Å². The summed E-state index contributed by atoms with van der Waals surface area (Å²) < 4.78 is 0. The number of hydrogen-bond acceptors (Lipinski definition) is 5. The Morgan fingerprint density at radius 1 is 0.969 bits per heavy atom. The average Bonchev–Trinajstić information content (AvgIpc) is 2.81. The number of carbonyl (C=O) groups excluding carboxylic acids is 2. The van der Waals surface area contributed by atoms with E-state index in [9.17, 15) is 9.59 Å². The number of anilines is 2. The first-order valence-electron chi connectivity index (χ1n) is 11.8. The van der Waals surface area contributed by atoms with Gasteiger partial charge in [0.1, 0.15) is 6.04 Å². The van der Waals surface area contributed by atoms with Crippen molar-refractivity contribution in [1.82, 2.24) is 10.6 Å². The molecule has 5 rings (SSSR count). The normalized spacial score (nSPS) is 21.8. The van der Waals surface area contributed by atoms with Crippen LogP contribution in [0.1, 0.15) is 53.9 Å². The van der Waals surface area contributed by atoms with E-state index in [2.05, 4.69) is 64.2 Å². The molecule has 2 aromatic carbocycles. The van der Waals surface area contributed by atoms with E-state index >= 15 is 0 Å². The smallest absolute Gasteiger partial charge is 0.249 e. The predicted octanol–water partition coefficient (Wildman–Crippen LogP) is 3.24. The summed E-state index contributed by atoms with van der Waals surface area (Å²) in [7, 11) is 0. The summed E-state index contributed by atoms with van der Waals surface area (Å²) in [6, 6.07) is 13.1. The third kappa shape index (κ3) is 4.37. The second-order valence-corrected chi connectivity index (χ2v) is 9.37. The van der Waals surface area contributed by atoms with Gasteiger partial charge in [-0.05, 0) is 85.5 Å². The van der Waals surface area contributed by atoms with Crippen LogP contribution in [-0.4, -0.2) is 37.5 Å².